The van der Waals surface area contributed by atoms with E-state index in [4.69, 9.17) is 27.9 Å². The van der Waals surface area contributed by atoms with Gasteiger partial charge in [-0.15, -0.1) is 0 Å². The zero-order valence-corrected chi connectivity index (χ0v) is 21.8. The van der Waals surface area contributed by atoms with Gasteiger partial charge in [0.15, 0.2) is 6.23 Å². The Morgan fingerprint density at radius 3 is 1.89 bits per heavy atom. The highest BCUT2D eigenvalue weighted by atomic mass is 35.5. The Morgan fingerprint density at radius 2 is 1.33 bits per heavy atom. The molecule has 1 unspecified atom stereocenters. The number of hydrogen-bond donors (Lipinski definition) is 0. The van der Waals surface area contributed by atoms with Crippen molar-refractivity contribution in [3.8, 4) is 5.75 Å². The van der Waals surface area contributed by atoms with Crippen LogP contribution in [0.25, 0.3) is 0 Å². The second kappa shape index (κ2) is 11.4. The van der Waals surface area contributed by atoms with Crippen LogP contribution in [-0.4, -0.2) is 35.9 Å². The largest absolute Gasteiger partial charge is 0.470 e. The molecule has 2 heterocycles. The van der Waals surface area contributed by atoms with Gasteiger partial charge in [0.1, 0.15) is 11.6 Å². The highest BCUT2D eigenvalue weighted by Crippen LogP contribution is 2.40. The lowest BCUT2D eigenvalue weighted by molar-refractivity contribution is -0.134. The van der Waals surface area contributed by atoms with Crippen LogP contribution in [0.2, 0.25) is 10.0 Å². The van der Waals surface area contributed by atoms with E-state index in [1.807, 2.05) is 24.3 Å². The highest BCUT2D eigenvalue weighted by molar-refractivity contribution is 6.30. The fourth-order valence-electron chi connectivity index (χ4n) is 5.41. The van der Waals surface area contributed by atoms with Gasteiger partial charge < -0.3 is 4.74 Å². The summed E-state index contributed by atoms with van der Waals surface area (Å²) in [6.07, 6.45) is 9.23. The van der Waals surface area contributed by atoms with Crippen molar-refractivity contribution in [3.63, 3.8) is 0 Å². The minimum absolute atomic E-state index is 0.150. The van der Waals surface area contributed by atoms with Gasteiger partial charge in [0.2, 0.25) is 0 Å². The lowest BCUT2D eigenvalue weighted by atomic mass is 9.70. The maximum atomic E-state index is 13.4. The van der Waals surface area contributed by atoms with Gasteiger partial charge in [0.05, 0.1) is 0 Å². The van der Waals surface area contributed by atoms with Crippen LogP contribution in [0.4, 0.5) is 4.39 Å². The quantitative estimate of drug-likeness (QED) is 0.296. The fraction of sp³-hybridized carbons (Fsp3) is 0.333. The lowest BCUT2D eigenvalue weighted by Gasteiger charge is -2.48. The molecular weight excluding hydrogens is 494 g/mol. The minimum Gasteiger partial charge on any atom is -0.470 e. The number of piperidine rings is 1. The van der Waals surface area contributed by atoms with Crippen LogP contribution in [-0.2, 0) is 12.8 Å². The summed E-state index contributed by atoms with van der Waals surface area (Å²) < 4.78 is 19.6. The Balaban J connectivity index is 1.31. The summed E-state index contributed by atoms with van der Waals surface area (Å²) in [7, 11) is 0. The van der Waals surface area contributed by atoms with Crippen LogP contribution in [0.5, 0.6) is 5.75 Å². The van der Waals surface area contributed by atoms with E-state index in [1.54, 1.807) is 12.1 Å². The molecule has 36 heavy (non-hydrogen) atoms. The molecule has 0 amide bonds. The Labute approximate surface area is 223 Å². The number of hydrazine groups is 1. The number of rotatable bonds is 7. The molecule has 0 N–H and O–H groups in total. The van der Waals surface area contributed by atoms with Gasteiger partial charge in [-0.25, -0.2) is 9.40 Å². The van der Waals surface area contributed by atoms with Gasteiger partial charge in [-0.05, 0) is 103 Å². The van der Waals surface area contributed by atoms with E-state index in [2.05, 4.69) is 46.4 Å². The molecule has 2 aliphatic heterocycles. The third-order valence-electron chi connectivity index (χ3n) is 7.34. The van der Waals surface area contributed by atoms with Crippen LogP contribution in [0.15, 0.2) is 84.9 Å². The Kier molecular flexibility index (Phi) is 7.97. The summed E-state index contributed by atoms with van der Waals surface area (Å²) in [4.78, 5) is 0. The average molecular weight is 525 g/mol. The zero-order chi connectivity index (χ0) is 25.0. The van der Waals surface area contributed by atoms with E-state index in [0.29, 0.717) is 5.75 Å². The monoisotopic (exact) mass is 524 g/mol. The second-order valence-electron chi connectivity index (χ2n) is 9.90. The topological polar surface area (TPSA) is 15.7 Å². The molecule has 1 saturated heterocycles. The standard InChI is InChI=1S/C30H31Cl2FN2O/c31-25-8-4-23(5-9-25)21-30(22-24-6-10-26(32)11-7-24)16-19-34(20-17-30)35-18-2-1-3-29(35)36-28-14-12-27(33)13-15-28/h1,3-15,29H,2,16-22H2. The maximum absolute atomic E-state index is 13.4. The minimum atomic E-state index is -0.257. The number of hydrogen-bond acceptors (Lipinski definition) is 3. The van der Waals surface area contributed by atoms with Gasteiger partial charge in [0, 0.05) is 29.7 Å². The first-order chi connectivity index (χ1) is 17.5. The maximum Gasteiger partial charge on any atom is 0.184 e. The normalized spacial score (nSPS) is 20.4. The van der Waals surface area contributed by atoms with Gasteiger partial charge in [0.25, 0.3) is 0 Å². The Morgan fingerprint density at radius 1 is 0.778 bits per heavy atom. The van der Waals surface area contributed by atoms with Gasteiger partial charge >= 0.3 is 0 Å². The van der Waals surface area contributed by atoms with Crippen molar-refractivity contribution in [2.24, 2.45) is 5.41 Å². The molecule has 0 bridgehead atoms. The Hall–Kier alpha value is -2.37. The van der Waals surface area contributed by atoms with Crippen molar-refractivity contribution < 1.29 is 9.13 Å². The smallest absolute Gasteiger partial charge is 0.184 e. The van der Waals surface area contributed by atoms with E-state index in [1.165, 1.54) is 23.3 Å². The average Bonchev–Trinajstić information content (AvgIpc) is 2.89. The van der Waals surface area contributed by atoms with Crippen LogP contribution in [0, 0.1) is 11.2 Å². The lowest BCUT2D eigenvalue weighted by Crippen LogP contribution is -2.56. The van der Waals surface area contributed by atoms with Crippen molar-refractivity contribution in [1.29, 1.82) is 0 Å². The number of ether oxygens (including phenoxy) is 1. The van der Waals surface area contributed by atoms with Crippen molar-refractivity contribution in [2.75, 3.05) is 19.6 Å². The molecule has 6 heteroatoms. The summed E-state index contributed by atoms with van der Waals surface area (Å²) in [5.74, 6) is 0.418. The molecule has 3 nitrogen and oxygen atoms in total. The molecule has 2 aliphatic rings. The van der Waals surface area contributed by atoms with Gasteiger partial charge in [-0.1, -0.05) is 53.5 Å². The molecule has 0 radical (unpaired) electrons. The number of nitrogens with zero attached hydrogens (tertiary/aromatic N) is 2. The number of halogens is 3. The molecule has 0 aliphatic carbocycles. The van der Waals surface area contributed by atoms with Crippen molar-refractivity contribution >= 4 is 23.2 Å². The third-order valence-corrected chi connectivity index (χ3v) is 7.84. The first-order valence-corrected chi connectivity index (χ1v) is 13.3. The van der Waals surface area contributed by atoms with Crippen LogP contribution >= 0.6 is 23.2 Å². The van der Waals surface area contributed by atoms with E-state index >= 15 is 0 Å². The molecule has 5 rings (SSSR count). The van der Waals surface area contributed by atoms with Gasteiger partial charge in [-0.3, -0.25) is 0 Å². The third kappa shape index (κ3) is 6.30. The fourth-order valence-corrected chi connectivity index (χ4v) is 5.67. The molecular formula is C30H31Cl2FN2O. The SMILES string of the molecule is Fc1ccc(OC2C=CCCN2N2CCC(Cc3ccc(Cl)cc3)(Cc3ccc(Cl)cc3)CC2)cc1. The zero-order valence-electron chi connectivity index (χ0n) is 20.3. The first-order valence-electron chi connectivity index (χ1n) is 12.6. The van der Waals surface area contributed by atoms with Crippen molar-refractivity contribution in [2.45, 2.75) is 38.3 Å². The summed E-state index contributed by atoms with van der Waals surface area (Å²) in [6.45, 7) is 2.82. The molecule has 0 saturated carbocycles. The van der Waals surface area contributed by atoms with Gasteiger partial charge in [-0.2, -0.15) is 5.01 Å². The predicted molar refractivity (Wildman–Crippen MR) is 145 cm³/mol. The molecule has 0 aromatic heterocycles. The number of benzene rings is 3. The van der Waals surface area contributed by atoms with E-state index < -0.39 is 0 Å². The van der Waals surface area contributed by atoms with Crippen LogP contribution in [0.3, 0.4) is 0 Å². The molecule has 1 atom stereocenters. The Bertz CT molecular complexity index is 1110. The predicted octanol–water partition coefficient (Wildman–Crippen LogP) is 7.58. The second-order valence-corrected chi connectivity index (χ2v) is 10.8. The summed E-state index contributed by atoms with van der Waals surface area (Å²) in [6, 6.07) is 22.8. The molecule has 3 aromatic rings. The van der Waals surface area contributed by atoms with Crippen LogP contribution < -0.4 is 4.74 Å². The van der Waals surface area contributed by atoms with Crippen molar-refractivity contribution in [1.82, 2.24) is 10.0 Å². The summed E-state index contributed by atoms with van der Waals surface area (Å²) in [5, 5.41) is 6.31. The molecule has 188 valence electrons. The van der Waals surface area contributed by atoms with E-state index in [9.17, 15) is 4.39 Å². The van der Waals surface area contributed by atoms with Crippen LogP contribution in [0.1, 0.15) is 30.4 Å². The summed E-state index contributed by atoms with van der Waals surface area (Å²) >= 11 is 12.3. The summed E-state index contributed by atoms with van der Waals surface area (Å²) in [5.41, 5.74) is 2.79. The molecule has 0 spiro atoms. The molecule has 3 aromatic carbocycles. The van der Waals surface area contributed by atoms with Crippen molar-refractivity contribution in [3.05, 3.63) is 112 Å². The molecule has 1 fully saturated rings. The first kappa shape index (κ1) is 25.3. The van der Waals surface area contributed by atoms with E-state index in [0.717, 1.165) is 61.8 Å². The highest BCUT2D eigenvalue weighted by Gasteiger charge is 2.38. The van der Waals surface area contributed by atoms with E-state index in [-0.39, 0.29) is 17.5 Å².